The molecule has 1 heterocycles. The predicted octanol–water partition coefficient (Wildman–Crippen LogP) is 2.30. The van der Waals surface area contributed by atoms with Crippen molar-refractivity contribution in [2.75, 3.05) is 20.3 Å². The molecule has 152 valence electrons. The standard InChI is InChI=1S/C19H25N3O6/c1-4-27-18(24)21-22(19(25)28-5-2)16(17(23)26-3)15-12-11-14(20-15)13-9-7-6-8-10-13/h6-10,15-16H,4-5,11-12H2,1-3H3,(H,21,24). The molecule has 0 aliphatic carbocycles. The highest BCUT2D eigenvalue weighted by Gasteiger charge is 2.42. The zero-order chi connectivity index (χ0) is 20.5. The lowest BCUT2D eigenvalue weighted by Gasteiger charge is -2.30. The van der Waals surface area contributed by atoms with Gasteiger partial charge in [0.15, 0.2) is 6.04 Å². The average Bonchev–Trinajstić information content (AvgIpc) is 3.18. The number of nitrogens with zero attached hydrogens (tertiary/aromatic N) is 2. The smallest absolute Gasteiger partial charge is 0.429 e. The number of ether oxygens (including phenoxy) is 3. The number of aliphatic imine (C=N–C) groups is 1. The van der Waals surface area contributed by atoms with Gasteiger partial charge in [0, 0.05) is 5.71 Å². The van der Waals surface area contributed by atoms with Gasteiger partial charge in [0.25, 0.3) is 0 Å². The molecule has 1 aromatic carbocycles. The number of carbonyl (C=O) groups excluding carboxylic acids is 3. The van der Waals surface area contributed by atoms with Gasteiger partial charge in [-0.05, 0) is 32.3 Å². The molecule has 0 bridgehead atoms. The van der Waals surface area contributed by atoms with Crippen molar-refractivity contribution in [3.63, 3.8) is 0 Å². The Morgan fingerprint density at radius 3 is 2.46 bits per heavy atom. The van der Waals surface area contributed by atoms with E-state index in [1.807, 2.05) is 30.3 Å². The van der Waals surface area contributed by atoms with Gasteiger partial charge in [-0.25, -0.2) is 19.8 Å². The van der Waals surface area contributed by atoms with Crippen LogP contribution in [0.25, 0.3) is 0 Å². The third kappa shape index (κ3) is 5.21. The fraction of sp³-hybridized carbons (Fsp3) is 0.474. The maximum atomic E-state index is 12.5. The number of hydrogen-bond donors (Lipinski definition) is 1. The zero-order valence-corrected chi connectivity index (χ0v) is 16.2. The van der Waals surface area contributed by atoms with E-state index in [0.29, 0.717) is 12.8 Å². The minimum Gasteiger partial charge on any atom is -0.467 e. The quantitative estimate of drug-likeness (QED) is 0.453. The second-order valence-electron chi connectivity index (χ2n) is 5.92. The summed E-state index contributed by atoms with van der Waals surface area (Å²) >= 11 is 0. The van der Waals surface area contributed by atoms with Crippen LogP contribution in [0.2, 0.25) is 0 Å². The Bertz CT molecular complexity index is 722. The van der Waals surface area contributed by atoms with Crippen LogP contribution in [-0.4, -0.2) is 61.3 Å². The van der Waals surface area contributed by atoms with Gasteiger partial charge in [-0.1, -0.05) is 30.3 Å². The second-order valence-corrected chi connectivity index (χ2v) is 5.92. The first-order valence-corrected chi connectivity index (χ1v) is 9.11. The molecule has 1 aliphatic heterocycles. The van der Waals surface area contributed by atoms with Crippen LogP contribution in [0, 0.1) is 0 Å². The molecule has 0 radical (unpaired) electrons. The van der Waals surface area contributed by atoms with Gasteiger partial charge in [0.2, 0.25) is 0 Å². The summed E-state index contributed by atoms with van der Waals surface area (Å²) in [5.41, 5.74) is 4.04. The van der Waals surface area contributed by atoms with Gasteiger partial charge in [0.1, 0.15) is 0 Å². The van der Waals surface area contributed by atoms with E-state index in [-0.39, 0.29) is 13.2 Å². The third-order valence-corrected chi connectivity index (χ3v) is 4.14. The number of methoxy groups -OCH3 is 1. The predicted molar refractivity (Wildman–Crippen MR) is 101 cm³/mol. The molecule has 2 unspecified atom stereocenters. The molecule has 0 aromatic heterocycles. The highest BCUT2D eigenvalue weighted by Crippen LogP contribution is 2.24. The summed E-state index contributed by atoms with van der Waals surface area (Å²) in [6.07, 6.45) is -0.646. The molecule has 0 saturated heterocycles. The Labute approximate surface area is 163 Å². The van der Waals surface area contributed by atoms with E-state index in [1.165, 1.54) is 7.11 Å². The molecule has 9 heteroatoms. The maximum absolute atomic E-state index is 12.5. The van der Waals surface area contributed by atoms with E-state index >= 15 is 0 Å². The molecule has 0 saturated carbocycles. The van der Waals surface area contributed by atoms with Crippen LogP contribution in [0.5, 0.6) is 0 Å². The van der Waals surface area contributed by atoms with Gasteiger partial charge in [-0.15, -0.1) is 0 Å². The molecule has 1 aromatic rings. The minimum atomic E-state index is -1.19. The minimum absolute atomic E-state index is 0.0664. The van der Waals surface area contributed by atoms with Crippen LogP contribution in [0.4, 0.5) is 9.59 Å². The average molecular weight is 391 g/mol. The van der Waals surface area contributed by atoms with E-state index in [0.717, 1.165) is 16.3 Å². The van der Waals surface area contributed by atoms with Crippen LogP contribution in [0.15, 0.2) is 35.3 Å². The van der Waals surface area contributed by atoms with Gasteiger partial charge in [-0.2, -0.15) is 5.01 Å². The zero-order valence-electron chi connectivity index (χ0n) is 16.2. The number of hydrogen-bond acceptors (Lipinski definition) is 7. The number of hydrazine groups is 1. The Morgan fingerprint density at radius 1 is 1.18 bits per heavy atom. The molecule has 1 aliphatic rings. The molecule has 2 atom stereocenters. The molecular weight excluding hydrogens is 366 g/mol. The molecule has 0 spiro atoms. The van der Waals surface area contributed by atoms with E-state index in [1.54, 1.807) is 13.8 Å². The van der Waals surface area contributed by atoms with Crippen molar-refractivity contribution in [1.29, 1.82) is 0 Å². The SMILES string of the molecule is CCOC(=O)NN(C(=O)OCC)C(C(=O)OC)C1CCC(c2ccccc2)=N1. The topological polar surface area (TPSA) is 107 Å². The second kappa shape index (κ2) is 10.3. The van der Waals surface area contributed by atoms with E-state index in [9.17, 15) is 14.4 Å². The van der Waals surface area contributed by atoms with E-state index < -0.39 is 30.2 Å². The Morgan fingerprint density at radius 2 is 1.86 bits per heavy atom. The van der Waals surface area contributed by atoms with Crippen molar-refractivity contribution in [3.05, 3.63) is 35.9 Å². The summed E-state index contributed by atoms with van der Waals surface area (Å²) < 4.78 is 14.7. The maximum Gasteiger partial charge on any atom is 0.429 e. The van der Waals surface area contributed by atoms with E-state index in [4.69, 9.17) is 14.2 Å². The fourth-order valence-electron chi connectivity index (χ4n) is 2.93. The van der Waals surface area contributed by atoms with Crippen LogP contribution in [-0.2, 0) is 19.0 Å². The molecule has 2 rings (SSSR count). The van der Waals surface area contributed by atoms with Crippen molar-refractivity contribution in [3.8, 4) is 0 Å². The number of carbonyl (C=O) groups is 3. The summed E-state index contributed by atoms with van der Waals surface area (Å²) in [4.78, 5) is 41.5. The van der Waals surface area contributed by atoms with Gasteiger partial charge >= 0.3 is 18.2 Å². The first-order valence-electron chi connectivity index (χ1n) is 9.11. The number of nitrogens with one attached hydrogen (secondary N) is 1. The summed E-state index contributed by atoms with van der Waals surface area (Å²) in [5, 5.41) is 0.801. The van der Waals surface area contributed by atoms with Crippen molar-refractivity contribution in [1.82, 2.24) is 10.4 Å². The van der Waals surface area contributed by atoms with Crippen molar-refractivity contribution >= 4 is 23.9 Å². The summed E-state index contributed by atoms with van der Waals surface area (Å²) in [5.74, 6) is -0.715. The molecule has 2 amide bonds. The lowest BCUT2D eigenvalue weighted by molar-refractivity contribution is -0.148. The number of esters is 1. The number of benzene rings is 1. The summed E-state index contributed by atoms with van der Waals surface area (Å²) in [6, 6.07) is 7.76. The Kier molecular flexibility index (Phi) is 7.79. The van der Waals surface area contributed by atoms with Gasteiger partial charge < -0.3 is 14.2 Å². The van der Waals surface area contributed by atoms with Crippen LogP contribution in [0.1, 0.15) is 32.3 Å². The van der Waals surface area contributed by atoms with Crippen LogP contribution < -0.4 is 5.43 Å². The van der Waals surface area contributed by atoms with Gasteiger partial charge in [0.05, 0.1) is 26.4 Å². The number of amides is 2. The lowest BCUT2D eigenvalue weighted by atomic mass is 10.0. The highest BCUT2D eigenvalue weighted by atomic mass is 16.6. The lowest BCUT2D eigenvalue weighted by Crippen LogP contribution is -2.59. The van der Waals surface area contributed by atoms with Crippen molar-refractivity contribution in [2.45, 2.75) is 38.8 Å². The van der Waals surface area contributed by atoms with Crippen molar-refractivity contribution < 1.29 is 28.6 Å². The molecule has 9 nitrogen and oxygen atoms in total. The fourth-order valence-corrected chi connectivity index (χ4v) is 2.93. The molecule has 0 fully saturated rings. The molecular formula is C19H25N3O6. The monoisotopic (exact) mass is 391 g/mol. The van der Waals surface area contributed by atoms with Crippen LogP contribution in [0.3, 0.4) is 0 Å². The van der Waals surface area contributed by atoms with Crippen LogP contribution >= 0.6 is 0 Å². The summed E-state index contributed by atoms with van der Waals surface area (Å²) in [7, 11) is 1.21. The first-order chi connectivity index (χ1) is 13.5. The molecule has 1 N–H and O–H groups in total. The number of rotatable bonds is 6. The normalized spacial score (nSPS) is 16.5. The largest absolute Gasteiger partial charge is 0.467 e. The molecule has 28 heavy (non-hydrogen) atoms. The van der Waals surface area contributed by atoms with Gasteiger partial charge in [-0.3, -0.25) is 4.99 Å². The first kappa shape index (κ1) is 21.2. The highest BCUT2D eigenvalue weighted by molar-refractivity contribution is 6.02. The van der Waals surface area contributed by atoms with E-state index in [2.05, 4.69) is 10.4 Å². The Hall–Kier alpha value is -3.10. The van der Waals surface area contributed by atoms with Crippen molar-refractivity contribution in [2.24, 2.45) is 4.99 Å². The Balaban J connectivity index is 2.33. The third-order valence-electron chi connectivity index (χ3n) is 4.14. The summed E-state index contributed by atoms with van der Waals surface area (Å²) in [6.45, 7) is 3.41.